The van der Waals surface area contributed by atoms with Gasteiger partial charge in [0.05, 0.1) is 38.8 Å². The van der Waals surface area contributed by atoms with E-state index in [0.29, 0.717) is 35.7 Å². The maximum absolute atomic E-state index is 14.5. The lowest BCUT2D eigenvalue weighted by atomic mass is 9.94. The third-order valence-corrected chi connectivity index (χ3v) is 6.71. The Balaban J connectivity index is 1.32. The number of hydrogen-bond acceptors (Lipinski definition) is 8. The molecule has 0 bridgehead atoms. The van der Waals surface area contributed by atoms with Gasteiger partial charge in [0.1, 0.15) is 12.4 Å². The lowest BCUT2D eigenvalue weighted by molar-refractivity contribution is 0.185. The quantitative estimate of drug-likeness (QED) is 0.349. The van der Waals surface area contributed by atoms with Crippen LogP contribution in [0.4, 0.5) is 20.4 Å². The van der Waals surface area contributed by atoms with E-state index in [1.807, 2.05) is 18.2 Å². The van der Waals surface area contributed by atoms with Gasteiger partial charge in [-0.1, -0.05) is 0 Å². The van der Waals surface area contributed by atoms with E-state index in [0.717, 1.165) is 19.5 Å². The first kappa shape index (κ1) is 27.4. The zero-order chi connectivity index (χ0) is 27.1. The lowest BCUT2D eigenvalue weighted by Crippen LogP contribution is -2.30. The summed E-state index contributed by atoms with van der Waals surface area (Å²) in [6.45, 7) is 4.13. The van der Waals surface area contributed by atoms with Crippen molar-refractivity contribution in [3.05, 3.63) is 59.4 Å². The van der Waals surface area contributed by atoms with Gasteiger partial charge < -0.3 is 29.2 Å². The Labute approximate surface area is 221 Å². The highest BCUT2D eigenvalue weighted by atomic mass is 19.1. The molecule has 8 nitrogen and oxygen atoms in total. The highest BCUT2D eigenvalue weighted by molar-refractivity contribution is 5.59. The van der Waals surface area contributed by atoms with Crippen LogP contribution in [-0.2, 0) is 6.61 Å². The second-order valence-electron chi connectivity index (χ2n) is 9.41. The molecule has 0 atom stereocenters. The van der Waals surface area contributed by atoms with Crippen LogP contribution in [0.25, 0.3) is 0 Å². The van der Waals surface area contributed by atoms with Gasteiger partial charge in [-0.2, -0.15) is 0 Å². The number of anilines is 2. The van der Waals surface area contributed by atoms with Crippen molar-refractivity contribution in [1.29, 1.82) is 0 Å². The predicted octanol–water partition coefficient (Wildman–Crippen LogP) is 5.51. The summed E-state index contributed by atoms with van der Waals surface area (Å²) in [7, 11) is 5.09. The molecule has 0 saturated carbocycles. The molecule has 2 aromatic carbocycles. The Hall–Kier alpha value is -3.66. The summed E-state index contributed by atoms with van der Waals surface area (Å²) in [5.41, 5.74) is 0.765. The fourth-order valence-corrected chi connectivity index (χ4v) is 4.37. The SMILES string of the molecule is COc1cc(Nc2ncc(OCc3c(F)c(C)cc(OC)c3F)cn2)ccc1OCCC1CCN(C)CC1. The Bertz CT molecular complexity index is 1220. The Morgan fingerprint density at radius 1 is 0.947 bits per heavy atom. The first-order valence-electron chi connectivity index (χ1n) is 12.6. The van der Waals surface area contributed by atoms with Crippen LogP contribution in [0.15, 0.2) is 36.7 Å². The molecule has 204 valence electrons. The lowest BCUT2D eigenvalue weighted by Gasteiger charge is -2.28. The molecule has 1 N–H and O–H groups in total. The third kappa shape index (κ3) is 6.80. The smallest absolute Gasteiger partial charge is 0.227 e. The number of hydrogen-bond donors (Lipinski definition) is 1. The van der Waals surface area contributed by atoms with Crippen LogP contribution < -0.4 is 24.3 Å². The van der Waals surface area contributed by atoms with Crippen LogP contribution in [0.5, 0.6) is 23.0 Å². The maximum atomic E-state index is 14.5. The summed E-state index contributed by atoms with van der Waals surface area (Å²) in [4.78, 5) is 10.8. The van der Waals surface area contributed by atoms with Gasteiger partial charge in [0.25, 0.3) is 0 Å². The van der Waals surface area contributed by atoms with Crippen molar-refractivity contribution in [2.24, 2.45) is 5.92 Å². The van der Waals surface area contributed by atoms with Crippen molar-refractivity contribution in [2.75, 3.05) is 46.3 Å². The molecular formula is C28H34F2N4O4. The zero-order valence-electron chi connectivity index (χ0n) is 22.2. The molecule has 4 rings (SSSR count). The Morgan fingerprint density at radius 2 is 1.66 bits per heavy atom. The van der Waals surface area contributed by atoms with Crippen LogP contribution in [-0.4, -0.2) is 55.8 Å². The van der Waals surface area contributed by atoms with Gasteiger partial charge in [-0.3, -0.25) is 0 Å². The number of halogens is 2. The first-order valence-corrected chi connectivity index (χ1v) is 12.6. The van der Waals surface area contributed by atoms with E-state index in [2.05, 4.69) is 27.2 Å². The minimum atomic E-state index is -0.794. The van der Waals surface area contributed by atoms with Crippen molar-refractivity contribution >= 4 is 11.6 Å². The molecule has 1 saturated heterocycles. The fourth-order valence-electron chi connectivity index (χ4n) is 4.37. The molecule has 1 aliphatic heterocycles. The maximum Gasteiger partial charge on any atom is 0.227 e. The van der Waals surface area contributed by atoms with Crippen molar-refractivity contribution in [3.63, 3.8) is 0 Å². The summed E-state index contributed by atoms with van der Waals surface area (Å²) < 4.78 is 50.9. The van der Waals surface area contributed by atoms with E-state index in [1.165, 1.54) is 45.3 Å². The van der Waals surface area contributed by atoms with E-state index in [4.69, 9.17) is 18.9 Å². The number of likely N-dealkylation sites (tertiary alicyclic amines) is 1. The molecule has 3 aromatic rings. The number of nitrogens with one attached hydrogen (secondary N) is 1. The number of nitrogens with zero attached hydrogens (tertiary/aromatic N) is 3. The standard InChI is InChI=1S/C28H34F2N4O4/c1-18-13-25(36-4)27(30)22(26(18)29)17-38-21-15-31-28(32-16-21)33-20-5-6-23(24(14-20)35-3)37-12-9-19-7-10-34(2)11-8-19/h5-6,13-16,19H,7-12,17H2,1-4H3,(H,31,32,33). The summed E-state index contributed by atoms with van der Waals surface area (Å²) >= 11 is 0. The fraction of sp³-hybridized carbons (Fsp3) is 0.429. The van der Waals surface area contributed by atoms with Gasteiger partial charge >= 0.3 is 0 Å². The minimum absolute atomic E-state index is 0.0394. The van der Waals surface area contributed by atoms with Crippen molar-refractivity contribution in [1.82, 2.24) is 14.9 Å². The van der Waals surface area contributed by atoms with Gasteiger partial charge in [0.2, 0.25) is 5.95 Å². The highest BCUT2D eigenvalue weighted by Crippen LogP contribution is 2.32. The van der Waals surface area contributed by atoms with Gasteiger partial charge in [-0.15, -0.1) is 0 Å². The molecule has 0 radical (unpaired) electrons. The van der Waals surface area contributed by atoms with Crippen LogP contribution in [0, 0.1) is 24.5 Å². The summed E-state index contributed by atoms with van der Waals surface area (Å²) in [5.74, 6) is 1.07. The van der Waals surface area contributed by atoms with Crippen LogP contribution in [0.2, 0.25) is 0 Å². The van der Waals surface area contributed by atoms with Crippen LogP contribution in [0.3, 0.4) is 0 Å². The van der Waals surface area contributed by atoms with Crippen molar-refractivity contribution in [3.8, 4) is 23.0 Å². The van der Waals surface area contributed by atoms with E-state index >= 15 is 0 Å². The molecule has 0 aliphatic carbocycles. The first-order chi connectivity index (χ1) is 18.4. The molecule has 1 fully saturated rings. The summed E-state index contributed by atoms with van der Waals surface area (Å²) in [5, 5.41) is 3.11. The Morgan fingerprint density at radius 3 is 2.34 bits per heavy atom. The minimum Gasteiger partial charge on any atom is -0.494 e. The molecule has 1 aliphatic rings. The molecule has 2 heterocycles. The normalized spacial score (nSPS) is 14.3. The molecule has 1 aromatic heterocycles. The van der Waals surface area contributed by atoms with E-state index in [9.17, 15) is 8.78 Å². The van der Waals surface area contributed by atoms with Crippen LogP contribution in [0.1, 0.15) is 30.4 Å². The monoisotopic (exact) mass is 528 g/mol. The number of ether oxygens (including phenoxy) is 4. The highest BCUT2D eigenvalue weighted by Gasteiger charge is 2.19. The van der Waals surface area contributed by atoms with Gasteiger partial charge in [-0.05, 0) is 76.0 Å². The second-order valence-corrected chi connectivity index (χ2v) is 9.41. The molecule has 0 amide bonds. The zero-order valence-corrected chi connectivity index (χ0v) is 22.2. The molecular weight excluding hydrogens is 494 g/mol. The topological polar surface area (TPSA) is 78.0 Å². The van der Waals surface area contributed by atoms with E-state index in [1.54, 1.807) is 7.11 Å². The average molecular weight is 529 g/mol. The van der Waals surface area contributed by atoms with Gasteiger partial charge in [0.15, 0.2) is 28.8 Å². The Kier molecular flexibility index (Phi) is 9.17. The van der Waals surface area contributed by atoms with Gasteiger partial charge in [0, 0.05) is 11.8 Å². The molecule has 0 unspecified atom stereocenters. The largest absolute Gasteiger partial charge is 0.494 e. The molecule has 10 heteroatoms. The van der Waals surface area contributed by atoms with Gasteiger partial charge in [-0.25, -0.2) is 18.7 Å². The van der Waals surface area contributed by atoms with Crippen molar-refractivity contribution in [2.45, 2.75) is 32.8 Å². The van der Waals surface area contributed by atoms with E-state index in [-0.39, 0.29) is 29.2 Å². The molecule has 0 spiro atoms. The summed E-state index contributed by atoms with van der Waals surface area (Å²) in [6, 6.07) is 6.83. The third-order valence-electron chi connectivity index (χ3n) is 6.71. The van der Waals surface area contributed by atoms with Crippen LogP contribution >= 0.6 is 0 Å². The summed E-state index contributed by atoms with van der Waals surface area (Å²) in [6.07, 6.45) is 6.29. The number of piperidine rings is 1. The number of aryl methyl sites for hydroxylation is 1. The number of rotatable bonds is 11. The predicted molar refractivity (Wildman–Crippen MR) is 141 cm³/mol. The number of aromatic nitrogens is 2. The number of methoxy groups -OCH3 is 2. The molecule has 38 heavy (non-hydrogen) atoms. The van der Waals surface area contributed by atoms with E-state index < -0.39 is 11.6 Å². The average Bonchev–Trinajstić information content (AvgIpc) is 2.93. The number of benzene rings is 2. The second kappa shape index (κ2) is 12.7. The van der Waals surface area contributed by atoms with Crippen molar-refractivity contribution < 1.29 is 27.7 Å².